The lowest BCUT2D eigenvalue weighted by molar-refractivity contribution is -0.125. The highest BCUT2D eigenvalue weighted by atomic mass is 32.1. The van der Waals surface area contributed by atoms with E-state index in [4.69, 9.17) is 4.74 Å². The number of thiophene rings is 1. The summed E-state index contributed by atoms with van der Waals surface area (Å²) in [5.41, 5.74) is 1.03. The van der Waals surface area contributed by atoms with Gasteiger partial charge in [0.1, 0.15) is 0 Å². The Morgan fingerprint density at radius 2 is 2.17 bits per heavy atom. The van der Waals surface area contributed by atoms with Crippen molar-refractivity contribution in [2.75, 3.05) is 6.61 Å². The number of fused-ring (bicyclic) bond motifs is 1. The predicted molar refractivity (Wildman–Crippen MR) is 89.6 cm³/mol. The van der Waals surface area contributed by atoms with Crippen LogP contribution in [-0.4, -0.2) is 30.5 Å². The van der Waals surface area contributed by atoms with Crippen LogP contribution in [-0.2, 0) is 22.6 Å². The lowest BCUT2D eigenvalue weighted by Crippen LogP contribution is -2.60. The molecule has 0 aromatic carbocycles. The van der Waals surface area contributed by atoms with Crippen LogP contribution in [0.5, 0.6) is 0 Å². The zero-order valence-corrected chi connectivity index (χ0v) is 14.7. The molecule has 6 heteroatoms. The molecule has 0 aliphatic carbocycles. The van der Waals surface area contributed by atoms with Crippen molar-refractivity contribution in [1.82, 2.24) is 10.6 Å². The van der Waals surface area contributed by atoms with Gasteiger partial charge in [-0.25, -0.2) is 0 Å². The number of ether oxygens (including phenoxy) is 1. The van der Waals surface area contributed by atoms with Crippen LogP contribution in [0.2, 0.25) is 0 Å². The van der Waals surface area contributed by atoms with E-state index in [9.17, 15) is 9.59 Å². The van der Waals surface area contributed by atoms with Crippen LogP contribution in [0.25, 0.3) is 0 Å². The fourth-order valence-corrected chi connectivity index (χ4v) is 4.33. The van der Waals surface area contributed by atoms with Gasteiger partial charge in [0.2, 0.25) is 5.91 Å². The number of nitrogens with one attached hydrogen (secondary N) is 2. The molecule has 2 aliphatic heterocycles. The molecular weight excluding hydrogens is 312 g/mol. The number of piperidine rings is 1. The van der Waals surface area contributed by atoms with E-state index in [0.29, 0.717) is 19.4 Å². The molecule has 0 unspecified atom stereocenters. The molecule has 23 heavy (non-hydrogen) atoms. The summed E-state index contributed by atoms with van der Waals surface area (Å²) in [7, 11) is 0. The molecule has 0 bridgehead atoms. The van der Waals surface area contributed by atoms with Crippen LogP contribution in [0.4, 0.5) is 0 Å². The van der Waals surface area contributed by atoms with Gasteiger partial charge in [-0.1, -0.05) is 20.8 Å². The Balaban J connectivity index is 1.73. The summed E-state index contributed by atoms with van der Waals surface area (Å²) in [6.45, 7) is 7.59. The Morgan fingerprint density at radius 1 is 1.39 bits per heavy atom. The summed E-state index contributed by atoms with van der Waals surface area (Å²) in [6.07, 6.45) is 2.04. The molecule has 3 rings (SSSR count). The molecule has 2 atom stereocenters. The van der Waals surface area contributed by atoms with Crippen molar-refractivity contribution in [2.45, 2.75) is 58.7 Å². The first-order valence-corrected chi connectivity index (χ1v) is 8.96. The van der Waals surface area contributed by atoms with Gasteiger partial charge in [-0.15, -0.1) is 11.3 Å². The van der Waals surface area contributed by atoms with E-state index in [1.165, 1.54) is 4.88 Å². The molecule has 5 nitrogen and oxygen atoms in total. The number of carbonyl (C=O) groups excluding carboxylic acids is 2. The van der Waals surface area contributed by atoms with Crippen LogP contribution in [0.1, 0.15) is 53.7 Å². The third kappa shape index (κ3) is 3.58. The first-order chi connectivity index (χ1) is 10.8. The van der Waals surface area contributed by atoms with Gasteiger partial charge in [0.15, 0.2) is 0 Å². The van der Waals surface area contributed by atoms with Crippen molar-refractivity contribution >= 4 is 23.2 Å². The highest BCUT2D eigenvalue weighted by molar-refractivity contribution is 7.14. The Bertz CT molecular complexity index is 594. The van der Waals surface area contributed by atoms with E-state index < -0.39 is 0 Å². The summed E-state index contributed by atoms with van der Waals surface area (Å²) < 4.78 is 5.44. The Labute approximate surface area is 140 Å². The quantitative estimate of drug-likeness (QED) is 0.870. The van der Waals surface area contributed by atoms with Crippen molar-refractivity contribution in [1.29, 1.82) is 0 Å². The van der Waals surface area contributed by atoms with Crippen molar-refractivity contribution in [2.24, 2.45) is 5.41 Å². The fraction of sp³-hybridized carbons (Fsp3) is 0.647. The minimum Gasteiger partial charge on any atom is -0.376 e. The lowest BCUT2D eigenvalue weighted by Gasteiger charge is -2.40. The number of carbonyl (C=O) groups is 2. The zero-order chi connectivity index (χ0) is 16.6. The first kappa shape index (κ1) is 16.5. The third-order valence-electron chi connectivity index (χ3n) is 4.50. The molecular formula is C17H24N2O3S. The minimum absolute atomic E-state index is 0.0319. The maximum Gasteiger partial charge on any atom is 0.261 e. The van der Waals surface area contributed by atoms with Crippen LogP contribution in [0, 0.1) is 5.41 Å². The molecule has 2 N–H and O–H groups in total. The number of rotatable bonds is 2. The Kier molecular flexibility index (Phi) is 4.47. The maximum absolute atomic E-state index is 12.6. The van der Waals surface area contributed by atoms with Gasteiger partial charge in [0.25, 0.3) is 5.91 Å². The third-order valence-corrected chi connectivity index (χ3v) is 5.74. The summed E-state index contributed by atoms with van der Waals surface area (Å²) in [4.78, 5) is 26.3. The maximum atomic E-state index is 12.6. The molecule has 0 spiro atoms. The monoisotopic (exact) mass is 336 g/mol. The van der Waals surface area contributed by atoms with E-state index in [1.54, 1.807) is 11.3 Å². The van der Waals surface area contributed by atoms with E-state index in [2.05, 4.69) is 31.4 Å². The topological polar surface area (TPSA) is 67.4 Å². The number of hydrogen-bond acceptors (Lipinski definition) is 4. The first-order valence-electron chi connectivity index (χ1n) is 8.14. The second kappa shape index (κ2) is 6.24. The van der Waals surface area contributed by atoms with Crippen molar-refractivity contribution in [3.8, 4) is 0 Å². The molecule has 3 heterocycles. The fourth-order valence-electron chi connectivity index (χ4n) is 3.27. The van der Waals surface area contributed by atoms with E-state index >= 15 is 0 Å². The number of amides is 2. The molecule has 2 aliphatic rings. The molecule has 1 saturated heterocycles. The van der Waals surface area contributed by atoms with Crippen molar-refractivity contribution in [3.05, 3.63) is 21.4 Å². The molecule has 0 saturated carbocycles. The predicted octanol–water partition coefficient (Wildman–Crippen LogP) is 2.24. The minimum atomic E-state index is -0.101. The molecule has 126 valence electrons. The van der Waals surface area contributed by atoms with Gasteiger partial charge in [-0.2, -0.15) is 0 Å². The van der Waals surface area contributed by atoms with E-state index in [-0.39, 0.29) is 29.3 Å². The average Bonchev–Trinajstić information content (AvgIpc) is 2.92. The van der Waals surface area contributed by atoms with Crippen LogP contribution < -0.4 is 10.6 Å². The van der Waals surface area contributed by atoms with Gasteiger partial charge in [0, 0.05) is 17.7 Å². The van der Waals surface area contributed by atoms with Crippen LogP contribution >= 0.6 is 11.3 Å². The molecule has 1 aromatic rings. The Morgan fingerprint density at radius 3 is 2.87 bits per heavy atom. The highest BCUT2D eigenvalue weighted by Crippen LogP contribution is 2.29. The zero-order valence-electron chi connectivity index (χ0n) is 13.9. The molecule has 0 radical (unpaired) electrons. The van der Waals surface area contributed by atoms with Crippen LogP contribution in [0.3, 0.4) is 0 Å². The number of hydrogen-bond donors (Lipinski definition) is 2. The van der Waals surface area contributed by atoms with E-state index in [1.807, 2.05) is 6.07 Å². The standard InChI is InChI=1S/C17H24N2O3S/c1-17(2,3)15-11(4-5-14(20)19-15)18-16(21)13-8-10-9-22-7-6-12(10)23-13/h8,11,15H,4-7,9H2,1-3H3,(H,18,21)(H,19,20)/t11-,15-/m1/s1. The summed E-state index contributed by atoms with van der Waals surface area (Å²) >= 11 is 1.56. The van der Waals surface area contributed by atoms with Crippen LogP contribution in [0.15, 0.2) is 6.07 Å². The van der Waals surface area contributed by atoms with Gasteiger partial charge >= 0.3 is 0 Å². The summed E-state index contributed by atoms with van der Waals surface area (Å²) in [6, 6.07) is 1.86. The second-order valence-corrected chi connectivity index (χ2v) is 8.53. The van der Waals surface area contributed by atoms with Gasteiger partial charge in [-0.3, -0.25) is 9.59 Å². The van der Waals surface area contributed by atoms with Crippen molar-refractivity contribution < 1.29 is 14.3 Å². The average molecular weight is 336 g/mol. The largest absolute Gasteiger partial charge is 0.376 e. The molecule has 1 aromatic heterocycles. The van der Waals surface area contributed by atoms with Gasteiger partial charge < -0.3 is 15.4 Å². The SMILES string of the molecule is CC(C)(C)[C@@H]1NC(=O)CC[C@H]1NC(=O)c1cc2c(s1)CCOC2. The van der Waals surface area contributed by atoms with Gasteiger partial charge in [0.05, 0.1) is 30.2 Å². The highest BCUT2D eigenvalue weighted by Gasteiger charge is 2.37. The smallest absolute Gasteiger partial charge is 0.261 e. The lowest BCUT2D eigenvalue weighted by atomic mass is 9.78. The van der Waals surface area contributed by atoms with Crippen molar-refractivity contribution in [3.63, 3.8) is 0 Å². The second-order valence-electron chi connectivity index (χ2n) is 7.39. The summed E-state index contributed by atoms with van der Waals surface area (Å²) in [5, 5.41) is 6.18. The Hall–Kier alpha value is -1.40. The molecule has 1 fully saturated rings. The normalized spacial score (nSPS) is 24.7. The summed E-state index contributed by atoms with van der Waals surface area (Å²) in [5.74, 6) is 0.0268. The van der Waals surface area contributed by atoms with E-state index in [0.717, 1.165) is 23.5 Å². The molecule has 2 amide bonds. The van der Waals surface area contributed by atoms with Gasteiger partial charge in [-0.05, 0) is 23.5 Å².